The van der Waals surface area contributed by atoms with Gasteiger partial charge in [-0.25, -0.2) is 0 Å². The van der Waals surface area contributed by atoms with Crippen LogP contribution in [0.25, 0.3) is 0 Å². The number of carbonyl (C=O) groups excluding carboxylic acids is 1. The van der Waals surface area contributed by atoms with Crippen LogP contribution in [-0.4, -0.2) is 19.5 Å². The molecule has 0 aromatic heterocycles. The largest absolute Gasteiger partial charge is 0.398 e. The topological polar surface area (TPSA) is 58.4 Å². The van der Waals surface area contributed by atoms with E-state index >= 15 is 0 Å². The maximum atomic E-state index is 12.1. The van der Waals surface area contributed by atoms with E-state index in [1.165, 1.54) is 5.56 Å². The summed E-state index contributed by atoms with van der Waals surface area (Å²) >= 11 is 0. The van der Waals surface area contributed by atoms with Gasteiger partial charge in [0.15, 0.2) is 0 Å². The molecule has 0 bridgehead atoms. The van der Waals surface area contributed by atoms with Gasteiger partial charge in [-0.3, -0.25) is 4.79 Å². The van der Waals surface area contributed by atoms with Gasteiger partial charge < -0.3 is 16.0 Å². The maximum absolute atomic E-state index is 12.1. The van der Waals surface area contributed by atoms with E-state index in [9.17, 15) is 4.79 Å². The molecular weight excluding hydrogens is 262 g/mol. The molecule has 0 atom stereocenters. The van der Waals surface area contributed by atoms with Crippen LogP contribution in [0.4, 0.5) is 17.1 Å². The summed E-state index contributed by atoms with van der Waals surface area (Å²) in [7, 11) is 1.90. The second kappa shape index (κ2) is 6.31. The number of carbonyl (C=O) groups is 1. The van der Waals surface area contributed by atoms with Crippen LogP contribution < -0.4 is 16.0 Å². The zero-order chi connectivity index (χ0) is 15.4. The molecule has 0 spiro atoms. The SMILES string of the molecule is Cc1ccc(N(C)CC(=O)Nc2cccc(N)c2C)cc1. The fourth-order valence-corrected chi connectivity index (χ4v) is 2.08. The number of hydrogen-bond donors (Lipinski definition) is 2. The molecule has 2 aromatic rings. The van der Waals surface area contributed by atoms with Gasteiger partial charge >= 0.3 is 0 Å². The van der Waals surface area contributed by atoms with Crippen LogP contribution >= 0.6 is 0 Å². The van der Waals surface area contributed by atoms with Crippen molar-refractivity contribution in [1.29, 1.82) is 0 Å². The van der Waals surface area contributed by atoms with E-state index in [1.54, 1.807) is 0 Å². The molecule has 21 heavy (non-hydrogen) atoms. The molecular formula is C17H21N3O. The number of rotatable bonds is 4. The van der Waals surface area contributed by atoms with Gasteiger partial charge in [-0.15, -0.1) is 0 Å². The number of nitrogens with two attached hydrogens (primary N) is 1. The molecule has 0 unspecified atom stereocenters. The Balaban J connectivity index is 2.01. The summed E-state index contributed by atoms with van der Waals surface area (Å²) in [4.78, 5) is 14.0. The smallest absolute Gasteiger partial charge is 0.243 e. The first-order valence-corrected chi connectivity index (χ1v) is 6.90. The molecule has 0 aliphatic rings. The Morgan fingerprint density at radius 3 is 2.48 bits per heavy atom. The average Bonchev–Trinajstić information content (AvgIpc) is 2.44. The fraction of sp³-hybridized carbons (Fsp3) is 0.235. The third kappa shape index (κ3) is 3.75. The quantitative estimate of drug-likeness (QED) is 0.848. The van der Waals surface area contributed by atoms with Crippen LogP contribution in [0.5, 0.6) is 0 Å². The Labute approximate surface area is 125 Å². The summed E-state index contributed by atoms with van der Waals surface area (Å²) in [6.45, 7) is 4.23. The monoisotopic (exact) mass is 283 g/mol. The standard InChI is InChI=1S/C17H21N3O/c1-12-7-9-14(10-8-12)20(3)11-17(21)19-16-6-4-5-15(18)13(16)2/h4-10H,11,18H2,1-3H3,(H,19,21). The Morgan fingerprint density at radius 1 is 1.14 bits per heavy atom. The second-order valence-corrected chi connectivity index (χ2v) is 5.26. The highest BCUT2D eigenvalue weighted by atomic mass is 16.2. The summed E-state index contributed by atoms with van der Waals surface area (Å²) in [5, 5.41) is 2.90. The van der Waals surface area contributed by atoms with Crippen molar-refractivity contribution in [2.24, 2.45) is 0 Å². The van der Waals surface area contributed by atoms with E-state index in [2.05, 4.69) is 5.32 Å². The lowest BCUT2D eigenvalue weighted by molar-refractivity contribution is -0.114. The number of nitrogens with one attached hydrogen (secondary N) is 1. The highest BCUT2D eigenvalue weighted by Crippen LogP contribution is 2.20. The van der Waals surface area contributed by atoms with E-state index in [1.807, 2.05) is 68.3 Å². The maximum Gasteiger partial charge on any atom is 0.243 e. The lowest BCUT2D eigenvalue weighted by Crippen LogP contribution is -2.30. The van der Waals surface area contributed by atoms with Crippen molar-refractivity contribution < 1.29 is 4.79 Å². The lowest BCUT2D eigenvalue weighted by Gasteiger charge is -2.19. The van der Waals surface area contributed by atoms with E-state index in [0.717, 1.165) is 16.9 Å². The number of nitrogens with zero attached hydrogens (tertiary/aromatic N) is 1. The summed E-state index contributed by atoms with van der Waals surface area (Å²) < 4.78 is 0. The second-order valence-electron chi connectivity index (χ2n) is 5.26. The van der Waals surface area contributed by atoms with E-state index in [-0.39, 0.29) is 12.5 Å². The van der Waals surface area contributed by atoms with Crippen LogP contribution in [0.1, 0.15) is 11.1 Å². The number of benzene rings is 2. The Bertz CT molecular complexity index is 635. The molecule has 2 rings (SSSR count). The highest BCUT2D eigenvalue weighted by molar-refractivity contribution is 5.95. The van der Waals surface area contributed by atoms with Crippen LogP contribution in [0, 0.1) is 13.8 Å². The number of nitrogen functional groups attached to an aromatic ring is 1. The zero-order valence-electron chi connectivity index (χ0n) is 12.7. The number of anilines is 3. The first kappa shape index (κ1) is 14.9. The van der Waals surface area contributed by atoms with Gasteiger partial charge in [-0.2, -0.15) is 0 Å². The molecule has 1 amide bonds. The van der Waals surface area contributed by atoms with Crippen molar-refractivity contribution in [3.05, 3.63) is 53.6 Å². The van der Waals surface area contributed by atoms with Crippen LogP contribution in [0.3, 0.4) is 0 Å². The minimum absolute atomic E-state index is 0.0632. The molecule has 3 N–H and O–H groups in total. The zero-order valence-corrected chi connectivity index (χ0v) is 12.7. The van der Waals surface area contributed by atoms with Gasteiger partial charge in [0.2, 0.25) is 5.91 Å². The van der Waals surface area contributed by atoms with Crippen molar-refractivity contribution in [1.82, 2.24) is 0 Å². The number of likely N-dealkylation sites (N-methyl/N-ethyl adjacent to an activating group) is 1. The Hall–Kier alpha value is -2.49. The lowest BCUT2D eigenvalue weighted by atomic mass is 10.1. The molecule has 0 fully saturated rings. The number of hydrogen-bond acceptors (Lipinski definition) is 3. The summed E-state index contributed by atoms with van der Waals surface area (Å²) in [5.41, 5.74) is 10.4. The van der Waals surface area contributed by atoms with Crippen LogP contribution in [0.15, 0.2) is 42.5 Å². The van der Waals surface area contributed by atoms with Gasteiger partial charge in [0.05, 0.1) is 6.54 Å². The number of amides is 1. The summed E-state index contributed by atoms with van der Waals surface area (Å²) in [5.74, 6) is -0.0632. The Kier molecular flexibility index (Phi) is 4.48. The molecule has 2 aromatic carbocycles. The molecule has 4 heteroatoms. The van der Waals surface area contributed by atoms with Gasteiger partial charge in [0, 0.05) is 24.1 Å². The third-order valence-corrected chi connectivity index (χ3v) is 3.51. The molecule has 110 valence electrons. The van der Waals surface area contributed by atoms with Gasteiger partial charge in [-0.1, -0.05) is 23.8 Å². The predicted molar refractivity (Wildman–Crippen MR) is 88.7 cm³/mol. The molecule has 0 radical (unpaired) electrons. The van der Waals surface area contributed by atoms with Gasteiger partial charge in [0.25, 0.3) is 0 Å². The van der Waals surface area contributed by atoms with Crippen molar-refractivity contribution >= 4 is 23.0 Å². The molecule has 0 heterocycles. The molecule has 4 nitrogen and oxygen atoms in total. The fourth-order valence-electron chi connectivity index (χ4n) is 2.08. The van der Waals surface area contributed by atoms with Gasteiger partial charge in [-0.05, 0) is 43.7 Å². The molecule has 0 aliphatic carbocycles. The van der Waals surface area contributed by atoms with E-state index in [0.29, 0.717) is 5.69 Å². The average molecular weight is 283 g/mol. The van der Waals surface area contributed by atoms with E-state index < -0.39 is 0 Å². The predicted octanol–water partition coefficient (Wildman–Crippen LogP) is 2.96. The summed E-state index contributed by atoms with van der Waals surface area (Å²) in [6.07, 6.45) is 0. The molecule has 0 aliphatic heterocycles. The van der Waals surface area contributed by atoms with Crippen molar-refractivity contribution in [3.8, 4) is 0 Å². The van der Waals surface area contributed by atoms with Crippen molar-refractivity contribution in [3.63, 3.8) is 0 Å². The highest BCUT2D eigenvalue weighted by Gasteiger charge is 2.09. The summed E-state index contributed by atoms with van der Waals surface area (Å²) in [6, 6.07) is 13.6. The van der Waals surface area contributed by atoms with Crippen molar-refractivity contribution in [2.75, 3.05) is 29.5 Å². The van der Waals surface area contributed by atoms with Crippen molar-refractivity contribution in [2.45, 2.75) is 13.8 Å². The first-order chi connectivity index (χ1) is 9.97. The van der Waals surface area contributed by atoms with Gasteiger partial charge in [0.1, 0.15) is 0 Å². The minimum Gasteiger partial charge on any atom is -0.398 e. The molecule has 0 saturated carbocycles. The van der Waals surface area contributed by atoms with Crippen LogP contribution in [0.2, 0.25) is 0 Å². The Morgan fingerprint density at radius 2 is 1.81 bits per heavy atom. The minimum atomic E-state index is -0.0632. The third-order valence-electron chi connectivity index (χ3n) is 3.51. The normalized spacial score (nSPS) is 10.2. The first-order valence-electron chi connectivity index (χ1n) is 6.90. The number of aryl methyl sites for hydroxylation is 1. The molecule has 0 saturated heterocycles. The van der Waals surface area contributed by atoms with E-state index in [4.69, 9.17) is 5.73 Å². The van der Waals surface area contributed by atoms with Crippen LogP contribution in [-0.2, 0) is 4.79 Å².